The predicted octanol–water partition coefficient (Wildman–Crippen LogP) is 3.80. The topological polar surface area (TPSA) is 30.5 Å². The Kier molecular flexibility index (Phi) is 7.45. The Balaban J connectivity index is 2.88. The van der Waals surface area contributed by atoms with Gasteiger partial charge in [0.15, 0.2) is 11.5 Å². The Morgan fingerprint density at radius 2 is 1.90 bits per heavy atom. The van der Waals surface area contributed by atoms with Gasteiger partial charge in [0.25, 0.3) is 0 Å². The molecule has 0 saturated heterocycles. The fraction of sp³-hybridized carbons (Fsp3) is 0.647. The van der Waals surface area contributed by atoms with Crippen LogP contribution in [-0.4, -0.2) is 26.3 Å². The molecule has 3 heteroatoms. The number of aryl methyl sites for hydroxylation is 1. The number of nitrogens with one attached hydrogen (secondary N) is 1. The van der Waals surface area contributed by atoms with Crippen LogP contribution in [0.3, 0.4) is 0 Å². The molecule has 0 aliphatic carbocycles. The van der Waals surface area contributed by atoms with Crippen molar-refractivity contribution in [2.24, 2.45) is 0 Å². The van der Waals surface area contributed by atoms with Crippen molar-refractivity contribution in [2.75, 3.05) is 14.2 Å². The Labute approximate surface area is 123 Å². The van der Waals surface area contributed by atoms with Gasteiger partial charge in [0.05, 0.1) is 7.11 Å². The monoisotopic (exact) mass is 279 g/mol. The summed E-state index contributed by atoms with van der Waals surface area (Å²) >= 11 is 0. The first kappa shape index (κ1) is 16.8. The van der Waals surface area contributed by atoms with Crippen LogP contribution in [0.15, 0.2) is 18.2 Å². The quantitative estimate of drug-likeness (QED) is 0.745. The summed E-state index contributed by atoms with van der Waals surface area (Å²) in [5, 5.41) is 3.37. The van der Waals surface area contributed by atoms with Crippen LogP contribution in [-0.2, 0) is 6.42 Å². The van der Waals surface area contributed by atoms with E-state index in [-0.39, 0.29) is 6.10 Å². The van der Waals surface area contributed by atoms with Gasteiger partial charge in [0.2, 0.25) is 0 Å². The highest BCUT2D eigenvalue weighted by Gasteiger charge is 2.20. The Hall–Kier alpha value is -1.22. The molecule has 3 nitrogen and oxygen atoms in total. The van der Waals surface area contributed by atoms with Crippen LogP contribution >= 0.6 is 0 Å². The van der Waals surface area contributed by atoms with E-state index in [1.165, 1.54) is 5.56 Å². The van der Waals surface area contributed by atoms with Gasteiger partial charge in [0.1, 0.15) is 6.10 Å². The number of hydrogen-bond donors (Lipinski definition) is 1. The zero-order chi connectivity index (χ0) is 15.0. The zero-order valence-corrected chi connectivity index (χ0v) is 13.5. The summed E-state index contributed by atoms with van der Waals surface area (Å²) in [5.74, 6) is 1.67. The highest BCUT2D eigenvalue weighted by Crippen LogP contribution is 2.30. The van der Waals surface area contributed by atoms with E-state index in [1.54, 1.807) is 7.11 Å². The van der Waals surface area contributed by atoms with E-state index < -0.39 is 0 Å². The van der Waals surface area contributed by atoms with Crippen LogP contribution in [0.1, 0.15) is 45.6 Å². The fourth-order valence-electron chi connectivity index (χ4n) is 2.47. The maximum atomic E-state index is 6.20. The standard InChI is InChI=1S/C17H29NO2/c1-6-9-14(18-4)15(8-3)20-16-11-10-13(7-2)12-17(16)19-5/h10-12,14-15,18H,6-9H2,1-5H3. The summed E-state index contributed by atoms with van der Waals surface area (Å²) in [6.07, 6.45) is 4.41. The minimum absolute atomic E-state index is 0.168. The highest BCUT2D eigenvalue weighted by atomic mass is 16.5. The van der Waals surface area contributed by atoms with Crippen molar-refractivity contribution in [1.82, 2.24) is 5.32 Å². The van der Waals surface area contributed by atoms with E-state index >= 15 is 0 Å². The Bertz CT molecular complexity index is 393. The molecule has 114 valence electrons. The third-order valence-corrected chi connectivity index (χ3v) is 3.74. The summed E-state index contributed by atoms with van der Waals surface area (Å²) in [6.45, 7) is 6.51. The van der Waals surface area contributed by atoms with E-state index in [0.29, 0.717) is 6.04 Å². The van der Waals surface area contributed by atoms with Gasteiger partial charge in [-0.1, -0.05) is 33.3 Å². The van der Waals surface area contributed by atoms with Crippen LogP contribution in [0.4, 0.5) is 0 Å². The molecule has 0 spiro atoms. The first-order valence-corrected chi connectivity index (χ1v) is 7.70. The lowest BCUT2D eigenvalue weighted by Crippen LogP contribution is -2.40. The lowest BCUT2D eigenvalue weighted by atomic mass is 10.0. The largest absolute Gasteiger partial charge is 0.493 e. The molecule has 0 aliphatic heterocycles. The number of methoxy groups -OCH3 is 1. The normalized spacial score (nSPS) is 13.8. The predicted molar refractivity (Wildman–Crippen MR) is 84.8 cm³/mol. The first-order chi connectivity index (χ1) is 9.69. The van der Waals surface area contributed by atoms with Gasteiger partial charge < -0.3 is 14.8 Å². The van der Waals surface area contributed by atoms with Gasteiger partial charge in [-0.25, -0.2) is 0 Å². The summed E-state index contributed by atoms with van der Waals surface area (Å²) in [6, 6.07) is 6.58. The first-order valence-electron chi connectivity index (χ1n) is 7.70. The van der Waals surface area contributed by atoms with Gasteiger partial charge in [-0.2, -0.15) is 0 Å². The van der Waals surface area contributed by atoms with Crippen molar-refractivity contribution in [3.63, 3.8) is 0 Å². The van der Waals surface area contributed by atoms with Crippen molar-refractivity contribution in [2.45, 2.75) is 58.6 Å². The summed E-state index contributed by atoms with van der Waals surface area (Å²) < 4.78 is 11.7. The van der Waals surface area contributed by atoms with Crippen LogP contribution in [0, 0.1) is 0 Å². The van der Waals surface area contributed by atoms with Crippen LogP contribution < -0.4 is 14.8 Å². The van der Waals surface area contributed by atoms with Crippen molar-refractivity contribution in [1.29, 1.82) is 0 Å². The maximum absolute atomic E-state index is 6.20. The number of ether oxygens (including phenoxy) is 2. The van der Waals surface area contributed by atoms with E-state index in [1.807, 2.05) is 13.1 Å². The van der Waals surface area contributed by atoms with E-state index in [2.05, 4.69) is 38.2 Å². The van der Waals surface area contributed by atoms with Crippen LogP contribution in [0.25, 0.3) is 0 Å². The molecule has 2 unspecified atom stereocenters. The second-order valence-corrected chi connectivity index (χ2v) is 5.09. The summed E-state index contributed by atoms with van der Waals surface area (Å²) in [7, 11) is 3.70. The van der Waals surface area contributed by atoms with Crippen molar-refractivity contribution in [3.8, 4) is 11.5 Å². The Morgan fingerprint density at radius 1 is 1.15 bits per heavy atom. The van der Waals surface area contributed by atoms with Gasteiger partial charge in [-0.3, -0.25) is 0 Å². The summed E-state index contributed by atoms with van der Waals surface area (Å²) in [5.41, 5.74) is 1.26. The lowest BCUT2D eigenvalue weighted by molar-refractivity contribution is 0.141. The average molecular weight is 279 g/mol. The summed E-state index contributed by atoms with van der Waals surface area (Å²) in [4.78, 5) is 0. The number of benzene rings is 1. The number of hydrogen-bond acceptors (Lipinski definition) is 3. The van der Waals surface area contributed by atoms with Crippen molar-refractivity contribution in [3.05, 3.63) is 23.8 Å². The third-order valence-electron chi connectivity index (χ3n) is 3.74. The average Bonchev–Trinajstić information content (AvgIpc) is 2.50. The van der Waals surface area contributed by atoms with E-state index in [9.17, 15) is 0 Å². The minimum Gasteiger partial charge on any atom is -0.493 e. The van der Waals surface area contributed by atoms with Gasteiger partial charge >= 0.3 is 0 Å². The number of likely N-dealkylation sites (N-methyl/N-ethyl adjacent to an activating group) is 1. The molecule has 0 fully saturated rings. The van der Waals surface area contributed by atoms with E-state index in [0.717, 1.165) is 37.2 Å². The SMILES string of the molecule is CCCC(NC)C(CC)Oc1ccc(CC)cc1OC. The highest BCUT2D eigenvalue weighted by molar-refractivity contribution is 5.43. The molecule has 0 radical (unpaired) electrons. The molecule has 1 aromatic carbocycles. The molecule has 1 N–H and O–H groups in total. The van der Waals surface area contributed by atoms with Crippen LogP contribution in [0.5, 0.6) is 11.5 Å². The van der Waals surface area contributed by atoms with Gasteiger partial charge in [0, 0.05) is 6.04 Å². The molecule has 2 atom stereocenters. The minimum atomic E-state index is 0.168. The smallest absolute Gasteiger partial charge is 0.161 e. The van der Waals surface area contributed by atoms with Gasteiger partial charge in [-0.15, -0.1) is 0 Å². The van der Waals surface area contributed by atoms with Crippen molar-refractivity contribution < 1.29 is 9.47 Å². The molecule has 20 heavy (non-hydrogen) atoms. The second kappa shape index (κ2) is 8.85. The zero-order valence-electron chi connectivity index (χ0n) is 13.5. The Morgan fingerprint density at radius 3 is 2.40 bits per heavy atom. The molecule has 0 aliphatic rings. The van der Waals surface area contributed by atoms with Gasteiger partial charge in [-0.05, 0) is 44.0 Å². The number of rotatable bonds is 9. The molecular weight excluding hydrogens is 250 g/mol. The second-order valence-electron chi connectivity index (χ2n) is 5.09. The van der Waals surface area contributed by atoms with Crippen molar-refractivity contribution >= 4 is 0 Å². The molecule has 0 heterocycles. The van der Waals surface area contributed by atoms with Crippen LogP contribution in [0.2, 0.25) is 0 Å². The molecular formula is C17H29NO2. The molecule has 0 aromatic heterocycles. The fourth-order valence-corrected chi connectivity index (χ4v) is 2.47. The molecule has 0 bridgehead atoms. The molecule has 0 saturated carbocycles. The molecule has 0 amide bonds. The molecule has 1 rings (SSSR count). The van der Waals surface area contributed by atoms with E-state index in [4.69, 9.17) is 9.47 Å². The lowest BCUT2D eigenvalue weighted by Gasteiger charge is -2.27. The third kappa shape index (κ3) is 4.41. The molecule has 1 aromatic rings. The maximum Gasteiger partial charge on any atom is 0.161 e.